The van der Waals surface area contributed by atoms with Crippen LogP contribution in [-0.4, -0.2) is 17.0 Å². The van der Waals surface area contributed by atoms with Gasteiger partial charge in [-0.15, -0.1) is 0 Å². The Balaban J connectivity index is 1.87. The lowest BCUT2D eigenvalue weighted by Gasteiger charge is -1.98. The highest BCUT2D eigenvalue weighted by Crippen LogP contribution is 2.12. The zero-order valence-electron chi connectivity index (χ0n) is 11.8. The molecule has 0 aliphatic carbocycles. The summed E-state index contributed by atoms with van der Waals surface area (Å²) in [5.74, 6) is -0.874. The number of carbonyl (C=O) groups excluding carboxylic acids is 1. The second-order valence-corrected chi connectivity index (χ2v) is 4.43. The van der Waals surface area contributed by atoms with Gasteiger partial charge in [-0.2, -0.15) is 5.10 Å². The van der Waals surface area contributed by atoms with E-state index in [1.807, 2.05) is 0 Å². The molecule has 7 heteroatoms. The third-order valence-electron chi connectivity index (χ3n) is 2.83. The average Bonchev–Trinajstić information content (AvgIpc) is 2.55. The van der Waals surface area contributed by atoms with Crippen LogP contribution in [-0.2, 0) is 0 Å². The van der Waals surface area contributed by atoms with E-state index in [0.717, 1.165) is 5.56 Å². The van der Waals surface area contributed by atoms with E-state index < -0.39 is 16.6 Å². The van der Waals surface area contributed by atoms with E-state index in [9.17, 15) is 19.3 Å². The highest BCUT2D eigenvalue weighted by atomic mass is 19.1. The van der Waals surface area contributed by atoms with Crippen LogP contribution in [0.5, 0.6) is 0 Å². The molecule has 0 heterocycles. The van der Waals surface area contributed by atoms with E-state index in [4.69, 9.17) is 0 Å². The molecule has 1 N–H and O–H groups in total. The van der Waals surface area contributed by atoms with Gasteiger partial charge in [0, 0.05) is 23.9 Å². The SMILES string of the molecule is O=C(NN=CC=Cc1ccc([N+](=O)[O-])cc1)c1ccc(F)cc1. The molecule has 0 unspecified atom stereocenters. The number of nitro benzene ring substituents is 1. The number of amides is 1. The second kappa shape index (κ2) is 7.60. The number of carbonyl (C=O) groups is 1. The summed E-state index contributed by atoms with van der Waals surface area (Å²) in [6, 6.07) is 11.1. The van der Waals surface area contributed by atoms with E-state index in [2.05, 4.69) is 10.5 Å². The Kier molecular flexibility index (Phi) is 5.30. The van der Waals surface area contributed by atoms with Gasteiger partial charge in [0.2, 0.25) is 0 Å². The Morgan fingerprint density at radius 2 is 1.78 bits per heavy atom. The van der Waals surface area contributed by atoms with Crippen LogP contribution in [0.4, 0.5) is 10.1 Å². The van der Waals surface area contributed by atoms with Gasteiger partial charge >= 0.3 is 0 Å². The van der Waals surface area contributed by atoms with Gasteiger partial charge < -0.3 is 0 Å². The first-order valence-corrected chi connectivity index (χ1v) is 6.56. The topological polar surface area (TPSA) is 84.6 Å². The Morgan fingerprint density at radius 3 is 2.39 bits per heavy atom. The number of halogens is 1. The fourth-order valence-electron chi connectivity index (χ4n) is 1.67. The molecule has 0 aromatic heterocycles. The molecular formula is C16H12FN3O3. The summed E-state index contributed by atoms with van der Waals surface area (Å²) in [4.78, 5) is 21.7. The minimum Gasteiger partial charge on any atom is -0.267 e. The molecule has 0 radical (unpaired) electrons. The lowest BCUT2D eigenvalue weighted by Crippen LogP contribution is -2.17. The first kappa shape index (κ1) is 16.0. The summed E-state index contributed by atoms with van der Waals surface area (Å²) in [7, 11) is 0. The Hall–Kier alpha value is -3.35. The standard InChI is InChI=1S/C16H12FN3O3/c17-14-7-5-13(6-8-14)16(21)19-18-11-1-2-12-3-9-15(10-4-12)20(22)23/h1-11H,(H,19,21). The van der Waals surface area contributed by atoms with Gasteiger partial charge in [0.15, 0.2) is 0 Å². The van der Waals surface area contributed by atoms with Crippen LogP contribution >= 0.6 is 0 Å². The lowest BCUT2D eigenvalue weighted by molar-refractivity contribution is -0.384. The van der Waals surface area contributed by atoms with Gasteiger partial charge in [-0.05, 0) is 48.0 Å². The van der Waals surface area contributed by atoms with Crippen LogP contribution in [0.1, 0.15) is 15.9 Å². The fourth-order valence-corrected chi connectivity index (χ4v) is 1.67. The summed E-state index contributed by atoms with van der Waals surface area (Å²) >= 11 is 0. The highest BCUT2D eigenvalue weighted by molar-refractivity contribution is 5.94. The molecule has 6 nitrogen and oxygen atoms in total. The maximum Gasteiger partial charge on any atom is 0.271 e. The molecule has 0 spiro atoms. The maximum absolute atomic E-state index is 12.7. The number of benzene rings is 2. The average molecular weight is 313 g/mol. The third kappa shape index (κ3) is 4.85. The highest BCUT2D eigenvalue weighted by Gasteiger charge is 2.03. The first-order valence-electron chi connectivity index (χ1n) is 6.56. The molecule has 0 saturated heterocycles. The molecule has 1 amide bonds. The van der Waals surface area contributed by atoms with Crippen molar-refractivity contribution in [2.24, 2.45) is 5.10 Å². The van der Waals surface area contributed by atoms with Gasteiger partial charge in [0.25, 0.3) is 11.6 Å². The summed E-state index contributed by atoms with van der Waals surface area (Å²) in [5.41, 5.74) is 3.36. The van der Waals surface area contributed by atoms with Crippen LogP contribution in [0.25, 0.3) is 6.08 Å². The second-order valence-electron chi connectivity index (χ2n) is 4.43. The molecule has 0 atom stereocenters. The number of hydrogen-bond donors (Lipinski definition) is 1. The van der Waals surface area contributed by atoms with Crippen molar-refractivity contribution in [3.05, 3.63) is 81.7 Å². The Morgan fingerprint density at radius 1 is 1.13 bits per heavy atom. The number of nitrogens with zero attached hydrogens (tertiary/aromatic N) is 2. The van der Waals surface area contributed by atoms with Gasteiger partial charge in [-0.3, -0.25) is 14.9 Å². The number of nitro groups is 1. The predicted molar refractivity (Wildman–Crippen MR) is 84.5 cm³/mol. The van der Waals surface area contributed by atoms with Crippen LogP contribution in [0.3, 0.4) is 0 Å². The minimum absolute atomic E-state index is 0.0161. The largest absolute Gasteiger partial charge is 0.271 e. The quantitative estimate of drug-likeness (QED) is 0.522. The van der Waals surface area contributed by atoms with Crippen molar-refractivity contribution in [1.82, 2.24) is 5.43 Å². The molecule has 0 bridgehead atoms. The number of non-ortho nitro benzene ring substituents is 1. The van der Waals surface area contributed by atoms with Crippen molar-refractivity contribution in [2.75, 3.05) is 0 Å². The normalized spacial score (nSPS) is 11.0. The molecule has 23 heavy (non-hydrogen) atoms. The molecule has 2 aromatic carbocycles. The predicted octanol–water partition coefficient (Wildman–Crippen LogP) is 3.16. The summed E-state index contributed by atoms with van der Waals surface area (Å²) in [6.07, 6.45) is 4.62. The number of rotatable bonds is 5. The monoisotopic (exact) mass is 313 g/mol. The lowest BCUT2D eigenvalue weighted by atomic mass is 10.2. The molecule has 0 aliphatic heterocycles. The first-order chi connectivity index (χ1) is 11.1. The maximum atomic E-state index is 12.7. The molecule has 0 saturated carbocycles. The van der Waals surface area contributed by atoms with Gasteiger partial charge in [0.1, 0.15) is 5.82 Å². The van der Waals surface area contributed by atoms with Crippen LogP contribution < -0.4 is 5.43 Å². The van der Waals surface area contributed by atoms with E-state index in [0.29, 0.717) is 5.56 Å². The van der Waals surface area contributed by atoms with Gasteiger partial charge in [0.05, 0.1) is 4.92 Å². The van der Waals surface area contributed by atoms with Gasteiger partial charge in [-0.25, -0.2) is 9.82 Å². The van der Waals surface area contributed by atoms with E-state index in [1.54, 1.807) is 24.3 Å². The molecule has 0 fully saturated rings. The zero-order valence-corrected chi connectivity index (χ0v) is 11.8. The van der Waals surface area contributed by atoms with Crippen molar-refractivity contribution in [2.45, 2.75) is 0 Å². The van der Waals surface area contributed by atoms with Crippen LogP contribution in [0.2, 0.25) is 0 Å². The summed E-state index contributed by atoms with van der Waals surface area (Å²) in [5, 5.41) is 14.2. The summed E-state index contributed by atoms with van der Waals surface area (Å²) < 4.78 is 12.7. The summed E-state index contributed by atoms with van der Waals surface area (Å²) in [6.45, 7) is 0. The van der Waals surface area contributed by atoms with Crippen molar-refractivity contribution >= 4 is 23.9 Å². The smallest absolute Gasteiger partial charge is 0.267 e. The van der Waals surface area contributed by atoms with Crippen molar-refractivity contribution < 1.29 is 14.1 Å². The van der Waals surface area contributed by atoms with Gasteiger partial charge in [-0.1, -0.05) is 6.08 Å². The molecular weight excluding hydrogens is 301 g/mol. The van der Waals surface area contributed by atoms with E-state index in [1.165, 1.54) is 42.6 Å². The van der Waals surface area contributed by atoms with Crippen molar-refractivity contribution in [3.63, 3.8) is 0 Å². The zero-order chi connectivity index (χ0) is 16.7. The fraction of sp³-hybridized carbons (Fsp3) is 0. The molecule has 0 aliphatic rings. The Labute approximate surface area is 131 Å². The number of hydrazone groups is 1. The number of hydrogen-bond acceptors (Lipinski definition) is 4. The molecule has 116 valence electrons. The van der Waals surface area contributed by atoms with Crippen molar-refractivity contribution in [1.29, 1.82) is 0 Å². The molecule has 2 aromatic rings. The third-order valence-corrected chi connectivity index (χ3v) is 2.83. The Bertz CT molecular complexity index is 753. The number of nitrogens with one attached hydrogen (secondary N) is 1. The van der Waals surface area contributed by atoms with Crippen molar-refractivity contribution in [3.8, 4) is 0 Å². The van der Waals surface area contributed by atoms with Crippen LogP contribution in [0.15, 0.2) is 59.7 Å². The van der Waals surface area contributed by atoms with E-state index in [-0.39, 0.29) is 5.69 Å². The van der Waals surface area contributed by atoms with E-state index >= 15 is 0 Å². The minimum atomic E-state index is -0.472. The molecule has 2 rings (SSSR count). The number of allylic oxidation sites excluding steroid dienone is 1. The van der Waals surface area contributed by atoms with Crippen LogP contribution in [0, 0.1) is 15.9 Å².